The first-order chi connectivity index (χ1) is 13.1. The topological polar surface area (TPSA) is 37.4 Å². The lowest BCUT2D eigenvalue weighted by atomic mass is 9.90. The van der Waals surface area contributed by atoms with Gasteiger partial charge in [0.2, 0.25) is 11.8 Å². The first kappa shape index (κ1) is 15.8. The Bertz CT molecular complexity index is 1370. The van der Waals surface area contributed by atoms with Gasteiger partial charge < -0.3 is 0 Å². The van der Waals surface area contributed by atoms with E-state index in [9.17, 15) is 9.59 Å². The average Bonchev–Trinajstić information content (AvgIpc) is 2.65. The Morgan fingerprint density at radius 1 is 0.630 bits per heavy atom. The number of amides is 2. The molecule has 27 heavy (non-hydrogen) atoms. The van der Waals surface area contributed by atoms with E-state index in [1.807, 2.05) is 24.3 Å². The predicted molar refractivity (Wildman–Crippen MR) is 111 cm³/mol. The Balaban J connectivity index is 2.06. The molecular formula is C24H17NO2. The van der Waals surface area contributed by atoms with E-state index in [0.29, 0.717) is 5.69 Å². The zero-order valence-electron chi connectivity index (χ0n) is 15.1. The summed E-state index contributed by atoms with van der Waals surface area (Å²) in [7, 11) is 0. The van der Waals surface area contributed by atoms with Crippen molar-refractivity contribution in [1.29, 1.82) is 0 Å². The Labute approximate surface area is 156 Å². The van der Waals surface area contributed by atoms with E-state index >= 15 is 0 Å². The minimum absolute atomic E-state index is 0.276. The summed E-state index contributed by atoms with van der Waals surface area (Å²) in [6.45, 7) is 2.86. The Morgan fingerprint density at radius 3 is 2.07 bits per heavy atom. The first-order valence-corrected chi connectivity index (χ1v) is 8.97. The number of hydrogen-bond acceptors (Lipinski definition) is 2. The normalized spacial score (nSPS) is 11.6. The maximum atomic E-state index is 12.2. The number of hydrogen-bond donors (Lipinski definition) is 0. The lowest BCUT2D eigenvalue weighted by Crippen LogP contribution is -2.33. The molecule has 0 aliphatic carbocycles. The lowest BCUT2D eigenvalue weighted by Gasteiger charge is -2.22. The zero-order valence-corrected chi connectivity index (χ0v) is 15.1. The van der Waals surface area contributed by atoms with Crippen LogP contribution in [-0.4, -0.2) is 11.8 Å². The maximum absolute atomic E-state index is 12.2. The molecule has 0 aromatic heterocycles. The highest BCUT2D eigenvalue weighted by Gasteiger charge is 2.22. The second-order valence-corrected chi connectivity index (χ2v) is 6.98. The third-order valence-corrected chi connectivity index (χ3v) is 5.34. The summed E-state index contributed by atoms with van der Waals surface area (Å²) in [5, 5.41) is 8.89. The van der Waals surface area contributed by atoms with Gasteiger partial charge in [-0.05, 0) is 49.8 Å². The van der Waals surface area contributed by atoms with E-state index in [-0.39, 0.29) is 11.8 Å². The van der Waals surface area contributed by atoms with Gasteiger partial charge in [0.15, 0.2) is 0 Å². The molecule has 0 aliphatic heterocycles. The van der Waals surface area contributed by atoms with Crippen LogP contribution in [0.5, 0.6) is 0 Å². The van der Waals surface area contributed by atoms with Gasteiger partial charge in [-0.3, -0.25) is 14.5 Å². The van der Waals surface area contributed by atoms with Crippen LogP contribution in [0.1, 0.15) is 13.8 Å². The molecule has 0 N–H and O–H groups in total. The fraction of sp³-hybridized carbons (Fsp3) is 0.0833. The number of carbonyl (C=O) groups excluding carboxylic acids is 2. The van der Waals surface area contributed by atoms with Crippen molar-refractivity contribution >= 4 is 60.6 Å². The summed E-state index contributed by atoms with van der Waals surface area (Å²) in [6.07, 6.45) is 0. The minimum Gasteiger partial charge on any atom is -0.274 e. The number of nitrogens with zero attached hydrogens (tertiary/aromatic N) is 1. The summed E-state index contributed by atoms with van der Waals surface area (Å²) in [4.78, 5) is 25.7. The monoisotopic (exact) mass is 351 g/mol. The summed E-state index contributed by atoms with van der Waals surface area (Å²) in [6, 6.07) is 22.8. The molecule has 0 atom stereocenters. The molecule has 130 valence electrons. The van der Waals surface area contributed by atoms with Gasteiger partial charge in [-0.2, -0.15) is 0 Å². The van der Waals surface area contributed by atoms with Gasteiger partial charge in [0.25, 0.3) is 0 Å². The number of rotatable bonds is 1. The quantitative estimate of drug-likeness (QED) is 0.290. The van der Waals surface area contributed by atoms with E-state index in [1.165, 1.54) is 34.9 Å². The van der Waals surface area contributed by atoms with Crippen molar-refractivity contribution < 1.29 is 9.59 Å². The highest BCUT2D eigenvalue weighted by atomic mass is 16.2. The Morgan fingerprint density at radius 2 is 1.30 bits per heavy atom. The first-order valence-electron chi connectivity index (χ1n) is 8.97. The van der Waals surface area contributed by atoms with Crippen molar-refractivity contribution in [3.8, 4) is 0 Å². The molecule has 3 heteroatoms. The molecule has 0 aliphatic rings. The molecule has 0 bridgehead atoms. The maximum Gasteiger partial charge on any atom is 0.230 e. The number of benzene rings is 5. The fourth-order valence-electron chi connectivity index (χ4n) is 4.31. The molecule has 5 rings (SSSR count). The van der Waals surface area contributed by atoms with E-state index < -0.39 is 0 Å². The molecule has 3 nitrogen and oxygen atoms in total. The Hall–Kier alpha value is -3.46. The summed E-state index contributed by atoms with van der Waals surface area (Å²) in [5.41, 5.74) is 0.649. The highest BCUT2D eigenvalue weighted by Crippen LogP contribution is 2.42. The number of anilines is 1. The van der Waals surface area contributed by atoms with Crippen LogP contribution in [0.2, 0.25) is 0 Å². The van der Waals surface area contributed by atoms with Crippen LogP contribution in [0.4, 0.5) is 5.69 Å². The van der Waals surface area contributed by atoms with Crippen LogP contribution in [-0.2, 0) is 9.59 Å². The van der Waals surface area contributed by atoms with Crippen LogP contribution in [0, 0.1) is 0 Å². The third-order valence-electron chi connectivity index (χ3n) is 5.34. The van der Waals surface area contributed by atoms with Crippen molar-refractivity contribution in [1.82, 2.24) is 0 Å². The second-order valence-electron chi connectivity index (χ2n) is 6.98. The predicted octanol–water partition coefficient (Wildman–Crippen LogP) is 5.64. The van der Waals surface area contributed by atoms with Crippen molar-refractivity contribution in [2.45, 2.75) is 13.8 Å². The molecule has 5 aromatic carbocycles. The van der Waals surface area contributed by atoms with Crippen molar-refractivity contribution in [2.75, 3.05) is 4.90 Å². The summed E-state index contributed by atoms with van der Waals surface area (Å²) in [5.74, 6) is -0.552. The molecule has 0 spiro atoms. The second kappa shape index (κ2) is 5.52. The van der Waals surface area contributed by atoms with Crippen molar-refractivity contribution in [3.05, 3.63) is 66.7 Å². The van der Waals surface area contributed by atoms with Gasteiger partial charge in [0.1, 0.15) is 0 Å². The lowest BCUT2D eigenvalue weighted by molar-refractivity contribution is -0.124. The van der Waals surface area contributed by atoms with Gasteiger partial charge in [-0.1, -0.05) is 54.6 Å². The van der Waals surface area contributed by atoms with Crippen molar-refractivity contribution in [3.63, 3.8) is 0 Å². The van der Waals surface area contributed by atoms with Gasteiger partial charge in [-0.25, -0.2) is 0 Å². The number of carbonyl (C=O) groups is 2. The zero-order chi connectivity index (χ0) is 18.7. The smallest absolute Gasteiger partial charge is 0.230 e. The highest BCUT2D eigenvalue weighted by molar-refractivity contribution is 6.33. The molecule has 5 aromatic rings. The van der Waals surface area contributed by atoms with E-state index in [2.05, 4.69) is 42.5 Å². The molecule has 0 heterocycles. The van der Waals surface area contributed by atoms with Gasteiger partial charge in [0, 0.05) is 19.2 Å². The Kier molecular flexibility index (Phi) is 3.22. The number of imide groups is 1. The molecule has 2 amide bonds. The average molecular weight is 351 g/mol. The van der Waals surface area contributed by atoms with Crippen LogP contribution >= 0.6 is 0 Å². The third kappa shape index (κ3) is 2.15. The minimum atomic E-state index is -0.276. The van der Waals surface area contributed by atoms with E-state index in [4.69, 9.17) is 0 Å². The van der Waals surface area contributed by atoms with Crippen LogP contribution < -0.4 is 4.90 Å². The molecule has 0 saturated carbocycles. The van der Waals surface area contributed by atoms with Crippen LogP contribution in [0.15, 0.2) is 66.7 Å². The summed E-state index contributed by atoms with van der Waals surface area (Å²) < 4.78 is 0. The van der Waals surface area contributed by atoms with Gasteiger partial charge >= 0.3 is 0 Å². The SMILES string of the molecule is CC(=O)N(C(C)=O)c1cc2cc3ccccc3c3ccc4cccc1c4c23. The molecule has 0 saturated heterocycles. The van der Waals surface area contributed by atoms with E-state index in [0.717, 1.165) is 26.9 Å². The van der Waals surface area contributed by atoms with Crippen molar-refractivity contribution in [2.24, 2.45) is 0 Å². The number of fused-ring (bicyclic) bond motifs is 2. The van der Waals surface area contributed by atoms with E-state index in [1.54, 1.807) is 0 Å². The largest absolute Gasteiger partial charge is 0.274 e. The molecule has 0 fully saturated rings. The van der Waals surface area contributed by atoms with Crippen LogP contribution in [0.25, 0.3) is 43.1 Å². The molecule has 0 radical (unpaired) electrons. The molecular weight excluding hydrogens is 334 g/mol. The van der Waals surface area contributed by atoms with Crippen LogP contribution in [0.3, 0.4) is 0 Å². The van der Waals surface area contributed by atoms with Gasteiger partial charge in [0.05, 0.1) is 5.69 Å². The fourth-order valence-corrected chi connectivity index (χ4v) is 4.31. The summed E-state index contributed by atoms with van der Waals surface area (Å²) >= 11 is 0. The molecule has 0 unspecified atom stereocenters. The van der Waals surface area contributed by atoms with Gasteiger partial charge in [-0.15, -0.1) is 0 Å². The standard InChI is InChI=1S/C24H17NO2/c1-14(26)25(15(2)27)22-13-18-12-17-6-3-4-8-19(17)20-11-10-16-7-5-9-21(22)23(16)24(18)20/h3-13H,1-2H3.